The van der Waals surface area contributed by atoms with Crippen LogP contribution >= 0.6 is 0 Å². The second-order valence-electron chi connectivity index (χ2n) is 5.84. The van der Waals surface area contributed by atoms with Gasteiger partial charge in [0.25, 0.3) is 0 Å². The summed E-state index contributed by atoms with van der Waals surface area (Å²) in [6.45, 7) is 2.68. The van der Waals surface area contributed by atoms with Gasteiger partial charge in [0.2, 0.25) is 0 Å². The standard InChI is InChI=1S/C21H18N2O/c1-15-6-2-3-7-17(15)14-24-18-12-10-16(11-13-18)21-22-19-8-4-5-9-20(19)23-21/h2-13H,14H2,1H3,(H,22,23). The van der Waals surface area contributed by atoms with E-state index >= 15 is 0 Å². The monoisotopic (exact) mass is 314 g/mol. The Balaban J connectivity index is 1.51. The number of imidazole rings is 1. The number of ether oxygens (including phenoxy) is 1. The number of hydrogen-bond donors (Lipinski definition) is 1. The van der Waals surface area contributed by atoms with Gasteiger partial charge in [-0.25, -0.2) is 4.98 Å². The van der Waals surface area contributed by atoms with Crippen LogP contribution in [-0.2, 0) is 6.61 Å². The van der Waals surface area contributed by atoms with Gasteiger partial charge in [0.1, 0.15) is 18.2 Å². The molecule has 0 spiro atoms. The van der Waals surface area contributed by atoms with Crippen LogP contribution in [0.15, 0.2) is 72.8 Å². The Bertz CT molecular complexity index is 937. The SMILES string of the molecule is Cc1ccccc1COc1ccc(-c2nc3ccccc3[nH]2)cc1. The molecule has 118 valence electrons. The summed E-state index contributed by atoms with van der Waals surface area (Å²) < 4.78 is 5.89. The Morgan fingerprint density at radius 1 is 0.875 bits per heavy atom. The van der Waals surface area contributed by atoms with Crippen LogP contribution in [0.4, 0.5) is 0 Å². The van der Waals surface area contributed by atoms with Gasteiger partial charge in [0.05, 0.1) is 11.0 Å². The topological polar surface area (TPSA) is 37.9 Å². The Morgan fingerprint density at radius 3 is 2.42 bits per heavy atom. The van der Waals surface area contributed by atoms with Gasteiger partial charge in [0, 0.05) is 5.56 Å². The number of aromatic nitrogens is 2. The molecule has 3 heteroatoms. The van der Waals surface area contributed by atoms with Crippen LogP contribution in [0.1, 0.15) is 11.1 Å². The molecule has 4 rings (SSSR count). The van der Waals surface area contributed by atoms with Crippen LogP contribution < -0.4 is 4.74 Å². The summed E-state index contributed by atoms with van der Waals surface area (Å²) in [6.07, 6.45) is 0. The highest BCUT2D eigenvalue weighted by atomic mass is 16.5. The van der Waals surface area contributed by atoms with Crippen LogP contribution in [0.2, 0.25) is 0 Å². The molecule has 3 nitrogen and oxygen atoms in total. The summed E-state index contributed by atoms with van der Waals surface area (Å²) >= 11 is 0. The van der Waals surface area contributed by atoms with Crippen molar-refractivity contribution < 1.29 is 4.74 Å². The molecule has 24 heavy (non-hydrogen) atoms. The van der Waals surface area contributed by atoms with Crippen LogP contribution in [-0.4, -0.2) is 9.97 Å². The van der Waals surface area contributed by atoms with Crippen LogP contribution in [0.5, 0.6) is 5.75 Å². The molecular weight excluding hydrogens is 296 g/mol. The number of para-hydroxylation sites is 2. The lowest BCUT2D eigenvalue weighted by atomic mass is 10.1. The Hall–Kier alpha value is -3.07. The third-order valence-corrected chi connectivity index (χ3v) is 4.17. The molecule has 4 aromatic rings. The van der Waals surface area contributed by atoms with E-state index in [0.717, 1.165) is 28.2 Å². The first-order valence-corrected chi connectivity index (χ1v) is 8.02. The molecule has 0 amide bonds. The van der Waals surface area contributed by atoms with E-state index in [1.807, 2.05) is 60.7 Å². The Labute approximate surface area is 140 Å². The molecule has 1 heterocycles. The average molecular weight is 314 g/mol. The van der Waals surface area contributed by atoms with Crippen LogP contribution in [0, 0.1) is 6.92 Å². The van der Waals surface area contributed by atoms with Crippen molar-refractivity contribution in [1.29, 1.82) is 0 Å². The zero-order valence-corrected chi connectivity index (χ0v) is 13.5. The number of hydrogen-bond acceptors (Lipinski definition) is 2. The highest BCUT2D eigenvalue weighted by Gasteiger charge is 2.05. The fourth-order valence-electron chi connectivity index (χ4n) is 2.73. The molecule has 0 unspecified atom stereocenters. The second-order valence-corrected chi connectivity index (χ2v) is 5.84. The Kier molecular flexibility index (Phi) is 3.75. The largest absolute Gasteiger partial charge is 0.489 e. The first kappa shape index (κ1) is 14.5. The van der Waals surface area contributed by atoms with Gasteiger partial charge in [-0.1, -0.05) is 36.4 Å². The summed E-state index contributed by atoms with van der Waals surface area (Å²) in [5, 5.41) is 0. The van der Waals surface area contributed by atoms with Gasteiger partial charge in [-0.15, -0.1) is 0 Å². The quantitative estimate of drug-likeness (QED) is 0.568. The number of fused-ring (bicyclic) bond motifs is 1. The third-order valence-electron chi connectivity index (χ3n) is 4.17. The summed E-state index contributed by atoms with van der Waals surface area (Å²) in [5.41, 5.74) is 5.53. The van der Waals surface area contributed by atoms with Gasteiger partial charge >= 0.3 is 0 Å². The number of H-pyrrole nitrogens is 1. The van der Waals surface area contributed by atoms with Crippen molar-refractivity contribution in [2.45, 2.75) is 13.5 Å². The van der Waals surface area contributed by atoms with Crippen molar-refractivity contribution in [2.75, 3.05) is 0 Å². The molecule has 1 N–H and O–H groups in total. The number of benzene rings is 3. The number of nitrogens with zero attached hydrogens (tertiary/aromatic N) is 1. The van der Waals surface area contributed by atoms with E-state index in [-0.39, 0.29) is 0 Å². The average Bonchev–Trinajstić information content (AvgIpc) is 3.06. The lowest BCUT2D eigenvalue weighted by molar-refractivity contribution is 0.305. The van der Waals surface area contributed by atoms with Crippen molar-refractivity contribution in [1.82, 2.24) is 9.97 Å². The smallest absolute Gasteiger partial charge is 0.138 e. The molecule has 1 aromatic heterocycles. The van der Waals surface area contributed by atoms with E-state index in [1.54, 1.807) is 0 Å². The molecule has 0 atom stereocenters. The summed E-state index contributed by atoms with van der Waals surface area (Å²) in [7, 11) is 0. The molecule has 0 saturated carbocycles. The minimum Gasteiger partial charge on any atom is -0.489 e. The molecule has 0 bridgehead atoms. The number of nitrogens with one attached hydrogen (secondary N) is 1. The van der Waals surface area contributed by atoms with Gasteiger partial charge in [-0.05, 0) is 54.4 Å². The minimum atomic E-state index is 0.580. The predicted octanol–water partition coefficient (Wildman–Crippen LogP) is 5.12. The van der Waals surface area contributed by atoms with Crippen LogP contribution in [0.25, 0.3) is 22.4 Å². The fourth-order valence-corrected chi connectivity index (χ4v) is 2.73. The molecule has 0 fully saturated rings. The van der Waals surface area contributed by atoms with Gasteiger partial charge in [-0.3, -0.25) is 0 Å². The molecule has 3 aromatic carbocycles. The maximum Gasteiger partial charge on any atom is 0.138 e. The van der Waals surface area contributed by atoms with E-state index < -0.39 is 0 Å². The molecule has 0 radical (unpaired) electrons. The summed E-state index contributed by atoms with van der Waals surface area (Å²) in [6, 6.07) is 24.4. The summed E-state index contributed by atoms with van der Waals surface area (Å²) in [4.78, 5) is 7.97. The Morgan fingerprint density at radius 2 is 1.62 bits per heavy atom. The van der Waals surface area contributed by atoms with Crippen molar-refractivity contribution in [3.63, 3.8) is 0 Å². The zero-order valence-electron chi connectivity index (χ0n) is 13.5. The van der Waals surface area contributed by atoms with E-state index in [0.29, 0.717) is 6.61 Å². The molecular formula is C21H18N2O. The van der Waals surface area contributed by atoms with Gasteiger partial charge < -0.3 is 9.72 Å². The zero-order chi connectivity index (χ0) is 16.4. The van der Waals surface area contributed by atoms with E-state index in [1.165, 1.54) is 11.1 Å². The number of aryl methyl sites for hydroxylation is 1. The maximum atomic E-state index is 5.89. The first-order valence-electron chi connectivity index (χ1n) is 8.02. The molecule has 0 saturated heterocycles. The summed E-state index contributed by atoms with van der Waals surface area (Å²) in [5.74, 6) is 1.74. The minimum absolute atomic E-state index is 0.580. The van der Waals surface area contributed by atoms with Crippen LogP contribution in [0.3, 0.4) is 0 Å². The lowest BCUT2D eigenvalue weighted by Crippen LogP contribution is -1.97. The lowest BCUT2D eigenvalue weighted by Gasteiger charge is -2.09. The number of aromatic amines is 1. The highest BCUT2D eigenvalue weighted by Crippen LogP contribution is 2.23. The van der Waals surface area contributed by atoms with Crippen molar-refractivity contribution >= 4 is 11.0 Å². The first-order chi connectivity index (χ1) is 11.8. The third kappa shape index (κ3) is 2.88. The molecule has 0 aliphatic carbocycles. The van der Waals surface area contributed by atoms with Crippen molar-refractivity contribution in [2.24, 2.45) is 0 Å². The van der Waals surface area contributed by atoms with Gasteiger partial charge in [-0.2, -0.15) is 0 Å². The predicted molar refractivity (Wildman–Crippen MR) is 97.0 cm³/mol. The number of rotatable bonds is 4. The highest BCUT2D eigenvalue weighted by molar-refractivity contribution is 5.79. The van der Waals surface area contributed by atoms with E-state index in [9.17, 15) is 0 Å². The fraction of sp³-hybridized carbons (Fsp3) is 0.0952. The molecule has 0 aliphatic rings. The van der Waals surface area contributed by atoms with E-state index in [4.69, 9.17) is 4.74 Å². The van der Waals surface area contributed by atoms with Gasteiger partial charge in [0.15, 0.2) is 0 Å². The molecule has 0 aliphatic heterocycles. The normalized spacial score (nSPS) is 10.9. The van der Waals surface area contributed by atoms with Crippen molar-refractivity contribution in [3.8, 4) is 17.1 Å². The van der Waals surface area contributed by atoms with Crippen molar-refractivity contribution in [3.05, 3.63) is 83.9 Å². The maximum absolute atomic E-state index is 5.89. The van der Waals surface area contributed by atoms with E-state index in [2.05, 4.69) is 29.0 Å². The second kappa shape index (κ2) is 6.20.